The number of para-hydroxylation sites is 5. The van der Waals surface area contributed by atoms with Crippen LogP contribution in [-0.4, -0.2) is 9.13 Å². The van der Waals surface area contributed by atoms with E-state index >= 15 is 0 Å². The van der Waals surface area contributed by atoms with E-state index in [0.29, 0.717) is 5.92 Å². The van der Waals surface area contributed by atoms with E-state index in [9.17, 15) is 0 Å². The van der Waals surface area contributed by atoms with Gasteiger partial charge < -0.3 is 18.9 Å². The molecule has 22 aromatic rings. The molecule has 0 fully saturated rings. The van der Waals surface area contributed by atoms with Crippen molar-refractivity contribution < 1.29 is 0 Å². The molecule has 2 aliphatic rings. The van der Waals surface area contributed by atoms with Crippen LogP contribution in [-0.2, 0) is 0 Å². The van der Waals surface area contributed by atoms with Gasteiger partial charge in [-0.05, 0) is 236 Å². The van der Waals surface area contributed by atoms with E-state index in [-0.39, 0.29) is 5.92 Å². The van der Waals surface area contributed by atoms with Gasteiger partial charge in [-0.15, -0.1) is 22.7 Å². The van der Waals surface area contributed by atoms with Crippen molar-refractivity contribution in [2.75, 3.05) is 9.80 Å². The summed E-state index contributed by atoms with van der Waals surface area (Å²) in [7, 11) is 0. The minimum absolute atomic E-state index is 0.288. The van der Waals surface area contributed by atoms with Gasteiger partial charge in [0.25, 0.3) is 0 Å². The molecule has 0 bridgehead atoms. The zero-order valence-corrected chi connectivity index (χ0v) is 70.7. The third kappa shape index (κ3) is 13.2. The summed E-state index contributed by atoms with van der Waals surface area (Å²) in [6.07, 6.45) is 16.1. The van der Waals surface area contributed by atoms with Crippen LogP contribution in [0.15, 0.2) is 467 Å². The van der Waals surface area contributed by atoms with Crippen molar-refractivity contribution in [2.24, 2.45) is 11.8 Å². The lowest BCUT2D eigenvalue weighted by Gasteiger charge is -2.35. The van der Waals surface area contributed by atoms with Gasteiger partial charge >= 0.3 is 0 Å². The lowest BCUT2D eigenvalue weighted by atomic mass is 9.79. The Morgan fingerprint density at radius 3 is 1.29 bits per heavy atom. The predicted octanol–water partition coefficient (Wildman–Crippen LogP) is 34.0. The lowest BCUT2D eigenvalue weighted by molar-refractivity contribution is 0.467. The van der Waals surface area contributed by atoms with Crippen molar-refractivity contribution >= 4 is 141 Å². The van der Waals surface area contributed by atoms with Crippen LogP contribution in [0.5, 0.6) is 0 Å². The zero-order chi connectivity index (χ0) is 83.1. The molecule has 0 spiro atoms. The summed E-state index contributed by atoms with van der Waals surface area (Å²) >= 11 is 3.75. The van der Waals surface area contributed by atoms with Gasteiger partial charge in [0.1, 0.15) is 0 Å². The van der Waals surface area contributed by atoms with Crippen LogP contribution in [0.2, 0.25) is 0 Å². The van der Waals surface area contributed by atoms with Gasteiger partial charge in [-0.25, -0.2) is 0 Å². The number of hydrogen-bond acceptors (Lipinski definition) is 4. The number of hydrogen-bond donors (Lipinski definition) is 0. The maximum absolute atomic E-state index is 2.54. The Morgan fingerprint density at radius 1 is 0.254 bits per heavy atom. The second-order valence-electron chi connectivity index (χ2n) is 33.3. The van der Waals surface area contributed by atoms with E-state index in [4.69, 9.17) is 0 Å². The minimum Gasteiger partial charge on any atom is -0.314 e. The number of benzene rings is 18. The zero-order valence-electron chi connectivity index (χ0n) is 69.1. The third-order valence-electron chi connectivity index (χ3n) is 26.0. The Bertz CT molecular complexity index is 7960. The molecule has 2 unspecified atom stereocenters. The van der Waals surface area contributed by atoms with Crippen LogP contribution < -0.4 is 9.80 Å². The predicted molar refractivity (Wildman–Crippen MR) is 539 cm³/mol. The maximum atomic E-state index is 2.54. The van der Waals surface area contributed by atoms with E-state index in [1.807, 2.05) is 22.7 Å². The molecule has 126 heavy (non-hydrogen) atoms. The van der Waals surface area contributed by atoms with Gasteiger partial charge in [-0.2, -0.15) is 0 Å². The summed E-state index contributed by atoms with van der Waals surface area (Å²) in [5.41, 5.74) is 32.4. The van der Waals surface area contributed by atoms with E-state index in [2.05, 4.69) is 480 Å². The average molecular weight is 1640 g/mol. The van der Waals surface area contributed by atoms with E-state index in [0.717, 1.165) is 108 Å². The lowest BCUT2D eigenvalue weighted by Crippen LogP contribution is -2.24. The summed E-state index contributed by atoms with van der Waals surface area (Å²) in [4.78, 5) is 4.97. The minimum atomic E-state index is 0.288. The van der Waals surface area contributed by atoms with Crippen LogP contribution in [0, 0.1) is 11.8 Å². The molecule has 2 aliphatic carbocycles. The Morgan fingerprint density at radius 2 is 0.698 bits per heavy atom. The van der Waals surface area contributed by atoms with Crippen LogP contribution in [0.4, 0.5) is 28.4 Å². The summed E-state index contributed by atoms with van der Waals surface area (Å²) in [5, 5.41) is 10.0. The van der Waals surface area contributed by atoms with Gasteiger partial charge in [-0.1, -0.05) is 328 Å². The molecular formula is C120H82N4S2. The van der Waals surface area contributed by atoms with E-state index in [1.165, 1.54) is 123 Å². The summed E-state index contributed by atoms with van der Waals surface area (Å²) in [6, 6.07) is 158. The van der Waals surface area contributed by atoms with Crippen molar-refractivity contribution in [2.45, 2.75) is 12.8 Å². The number of fused-ring (bicyclic) bond motifs is 12. The fraction of sp³-hybridized carbons (Fsp3) is 0.0333. The highest BCUT2D eigenvalue weighted by Crippen LogP contribution is 2.51. The highest BCUT2D eigenvalue weighted by Gasteiger charge is 2.30. The summed E-state index contributed by atoms with van der Waals surface area (Å²) < 4.78 is 10.1. The Hall–Kier alpha value is -15.4. The summed E-state index contributed by atoms with van der Waals surface area (Å²) in [5.74, 6) is 0.663. The molecular weight excluding hydrogens is 1560 g/mol. The molecule has 0 N–H and O–H groups in total. The first-order valence-electron chi connectivity index (χ1n) is 43.6. The van der Waals surface area contributed by atoms with Gasteiger partial charge in [0.2, 0.25) is 0 Å². The van der Waals surface area contributed by atoms with Crippen molar-refractivity contribution in [1.29, 1.82) is 0 Å². The van der Waals surface area contributed by atoms with Crippen molar-refractivity contribution in [1.82, 2.24) is 9.13 Å². The smallest absolute Gasteiger partial charge is 0.0546 e. The van der Waals surface area contributed by atoms with Crippen LogP contribution in [0.3, 0.4) is 0 Å². The molecule has 0 amide bonds. The molecule has 4 heterocycles. The molecule has 6 heteroatoms. The van der Waals surface area contributed by atoms with Gasteiger partial charge in [0.15, 0.2) is 0 Å². The molecule has 24 rings (SSSR count). The monoisotopic (exact) mass is 1640 g/mol. The maximum Gasteiger partial charge on any atom is 0.0546 e. The van der Waals surface area contributed by atoms with E-state index < -0.39 is 0 Å². The number of aromatic nitrogens is 2. The molecule has 4 nitrogen and oxygen atoms in total. The second-order valence-corrected chi connectivity index (χ2v) is 35.5. The number of nitrogens with zero attached hydrogens (tertiary/aromatic N) is 4. The molecule has 0 radical (unpaired) electrons. The van der Waals surface area contributed by atoms with Crippen LogP contribution >= 0.6 is 22.7 Å². The van der Waals surface area contributed by atoms with Crippen LogP contribution in [0.25, 0.3) is 179 Å². The molecule has 4 aromatic heterocycles. The molecule has 0 saturated heterocycles. The Labute approximate surface area is 740 Å². The number of thiophene rings is 2. The number of allylic oxidation sites excluding steroid dienone is 8. The van der Waals surface area contributed by atoms with Gasteiger partial charge in [-0.3, -0.25) is 0 Å². The Kier molecular flexibility index (Phi) is 18.6. The molecule has 2 atom stereocenters. The fourth-order valence-corrected chi connectivity index (χ4v) is 22.4. The second kappa shape index (κ2) is 31.5. The average Bonchev–Trinajstić information content (AvgIpc) is 1.56. The largest absolute Gasteiger partial charge is 0.314 e. The highest BCUT2D eigenvalue weighted by atomic mass is 32.1. The van der Waals surface area contributed by atoms with Crippen molar-refractivity contribution in [3.05, 3.63) is 472 Å². The van der Waals surface area contributed by atoms with Gasteiger partial charge in [0, 0.05) is 107 Å². The molecule has 594 valence electrons. The molecule has 0 aliphatic heterocycles. The Balaban J connectivity index is 0.611. The van der Waals surface area contributed by atoms with Gasteiger partial charge in [0.05, 0.1) is 33.4 Å². The van der Waals surface area contributed by atoms with Crippen LogP contribution in [0.1, 0.15) is 18.4 Å². The van der Waals surface area contributed by atoms with Crippen molar-refractivity contribution in [3.8, 4) is 89.3 Å². The quantitative estimate of drug-likeness (QED) is 0.0903. The first-order chi connectivity index (χ1) is 62.5. The first kappa shape index (κ1) is 74.4. The number of rotatable bonds is 17. The first-order valence-corrected chi connectivity index (χ1v) is 45.3. The topological polar surface area (TPSA) is 16.3 Å². The summed E-state index contributed by atoms with van der Waals surface area (Å²) in [6.45, 7) is 0. The normalized spacial score (nSPS) is 14.0. The van der Waals surface area contributed by atoms with Crippen molar-refractivity contribution in [3.63, 3.8) is 0 Å². The number of anilines is 5. The van der Waals surface area contributed by atoms with E-state index in [1.54, 1.807) is 0 Å². The SMILES string of the molecule is C1=CCC(C2C=C(c3ccccc3)C=C(N(c3ccc(-c4ccc5sc6ccccc6c5c4)cc3)c3ccc(-c4ccc(-c5cccc6c5sc5cccc(-c7ccc(N(c8ccc(-c9ccccc9-n9c%10ccccc%10c%10ccccc%109)cc8)c8cc(-c9ccccc9)cc(-c9ccccc9)c8)cc7)c56)cc4-n4c5ccccc5c5ccccc54)cc3)C2)C=C1. The standard InChI is InChI=1S/C120H82N4S2/c1-5-27-79(28-6-1)89-71-90(80-29-7-2-8-30-80)74-97(73-89)121(93-61-51-83(52-62-93)87-60-70-117-109(77-87)107-40-18-24-49-116(107)125-117)95-65-55-85(56-66-95)100-69-59-88(78-115(100)124-113-47-22-16-38-105(113)106-39-17-23-48-114(106)124)102-42-25-43-108-119-101(41-26-50-118(119)126-120(102)108)86-57-67-96(68-58-86)122(98-75-91(81-31-9-3-10-32-81)72-92(76-98)82-33-11-4-12-34-82)94-63-53-84(54-64-94)99-35-13-19-44-110(99)123-111-45-20-14-36-103(111)104-37-15-21-46-112(104)123/h1-29,31-73,75-78,80,90H,30,74H2. The molecule has 0 saturated carbocycles. The highest BCUT2D eigenvalue weighted by molar-refractivity contribution is 7.26. The third-order valence-corrected chi connectivity index (χ3v) is 28.4. The molecule has 18 aromatic carbocycles. The fourth-order valence-electron chi connectivity index (χ4n) is 20.0.